The van der Waals surface area contributed by atoms with Crippen LogP contribution in [0.1, 0.15) is 16.1 Å². The Kier molecular flexibility index (Phi) is 3.42. The molecule has 2 aromatic rings. The van der Waals surface area contributed by atoms with Gasteiger partial charge in [-0.25, -0.2) is 0 Å². The Hall–Kier alpha value is -0.820. The van der Waals surface area contributed by atoms with Crippen molar-refractivity contribution in [2.45, 2.75) is 6.42 Å². The van der Waals surface area contributed by atoms with Crippen molar-refractivity contribution in [3.63, 3.8) is 0 Å². The maximum absolute atomic E-state index is 11.9. The summed E-state index contributed by atoms with van der Waals surface area (Å²) in [6.45, 7) is 0. The third kappa shape index (κ3) is 2.60. The maximum Gasteiger partial charge on any atom is 0.169 e. The zero-order valence-corrected chi connectivity index (χ0v) is 10.7. The highest BCUT2D eigenvalue weighted by molar-refractivity contribution is 14.1. The highest BCUT2D eigenvalue weighted by atomic mass is 127. The van der Waals surface area contributed by atoms with Crippen molar-refractivity contribution in [3.05, 3.63) is 44.5 Å². The van der Waals surface area contributed by atoms with E-state index in [4.69, 9.17) is 0 Å². The van der Waals surface area contributed by atoms with Crippen LogP contribution in [0.3, 0.4) is 0 Å². The molecule has 0 aliphatic heterocycles. The average Bonchev–Trinajstić information content (AvgIpc) is 2.71. The van der Waals surface area contributed by atoms with Crippen LogP contribution in [-0.2, 0) is 6.42 Å². The summed E-state index contributed by atoms with van der Waals surface area (Å²) in [5.41, 5.74) is 1.50. The number of nitrogens with zero attached hydrogens (tertiary/aromatic N) is 2. The van der Waals surface area contributed by atoms with Crippen LogP contribution in [0.25, 0.3) is 0 Å². The predicted octanol–water partition coefficient (Wildman–Crippen LogP) is 2.57. The van der Waals surface area contributed by atoms with Crippen molar-refractivity contribution in [2.24, 2.45) is 0 Å². The number of hydrogen-bond donors (Lipinski definition) is 0. The SMILES string of the molecule is O=C(Cc1csnn1)c1ccccc1I. The lowest BCUT2D eigenvalue weighted by Gasteiger charge is -2.00. The number of ketones is 1. The minimum atomic E-state index is 0.0905. The molecule has 15 heavy (non-hydrogen) atoms. The Morgan fingerprint density at radius 3 is 2.87 bits per heavy atom. The third-order valence-electron chi connectivity index (χ3n) is 1.92. The van der Waals surface area contributed by atoms with Gasteiger partial charge >= 0.3 is 0 Å². The largest absolute Gasteiger partial charge is 0.294 e. The van der Waals surface area contributed by atoms with Gasteiger partial charge in [0.15, 0.2) is 5.78 Å². The molecule has 0 unspecified atom stereocenters. The molecule has 0 aliphatic carbocycles. The summed E-state index contributed by atoms with van der Waals surface area (Å²) in [6.07, 6.45) is 0.330. The molecular formula is C10H7IN2OS. The van der Waals surface area contributed by atoms with E-state index in [1.165, 1.54) is 11.5 Å². The van der Waals surface area contributed by atoms with E-state index in [9.17, 15) is 4.79 Å². The van der Waals surface area contributed by atoms with Gasteiger partial charge < -0.3 is 0 Å². The molecule has 3 nitrogen and oxygen atoms in total. The molecule has 0 spiro atoms. The van der Waals surface area contributed by atoms with Crippen LogP contribution in [0.5, 0.6) is 0 Å². The Morgan fingerprint density at radius 2 is 2.20 bits per heavy atom. The number of benzene rings is 1. The zero-order valence-electron chi connectivity index (χ0n) is 7.68. The van der Waals surface area contributed by atoms with E-state index < -0.39 is 0 Å². The van der Waals surface area contributed by atoms with Gasteiger partial charge in [0.05, 0.1) is 12.1 Å². The van der Waals surface area contributed by atoms with Crippen LogP contribution >= 0.6 is 34.1 Å². The number of halogens is 1. The lowest BCUT2D eigenvalue weighted by Crippen LogP contribution is -2.05. The number of rotatable bonds is 3. The molecule has 0 radical (unpaired) electrons. The first kappa shape index (κ1) is 10.7. The van der Waals surface area contributed by atoms with E-state index >= 15 is 0 Å². The molecule has 0 bridgehead atoms. The van der Waals surface area contributed by atoms with Crippen molar-refractivity contribution < 1.29 is 4.79 Å². The molecule has 0 aliphatic rings. The summed E-state index contributed by atoms with van der Waals surface area (Å²) in [4.78, 5) is 11.9. The Bertz CT molecular complexity index is 470. The number of carbonyl (C=O) groups is 1. The first-order valence-corrected chi connectivity index (χ1v) is 6.22. The molecule has 1 heterocycles. The highest BCUT2D eigenvalue weighted by Crippen LogP contribution is 2.14. The van der Waals surface area contributed by atoms with Gasteiger partial charge in [-0.15, -0.1) is 5.10 Å². The van der Waals surface area contributed by atoms with E-state index in [1.54, 1.807) is 5.38 Å². The Balaban J connectivity index is 2.19. The predicted molar refractivity (Wildman–Crippen MR) is 67.1 cm³/mol. The number of Topliss-reactive ketones (excluding diaryl/α,β-unsaturated/α-hetero) is 1. The molecule has 0 amide bonds. The molecule has 0 atom stereocenters. The smallest absolute Gasteiger partial charge is 0.169 e. The number of aromatic nitrogens is 2. The third-order valence-corrected chi connectivity index (χ3v) is 3.42. The van der Waals surface area contributed by atoms with Gasteiger partial charge in [-0.2, -0.15) is 0 Å². The fraction of sp³-hybridized carbons (Fsp3) is 0.100. The lowest BCUT2D eigenvalue weighted by atomic mass is 10.1. The lowest BCUT2D eigenvalue weighted by molar-refractivity contribution is 0.0991. The topological polar surface area (TPSA) is 42.9 Å². The highest BCUT2D eigenvalue weighted by Gasteiger charge is 2.11. The van der Waals surface area contributed by atoms with Crippen LogP contribution < -0.4 is 0 Å². The van der Waals surface area contributed by atoms with Gasteiger partial charge in [0.1, 0.15) is 0 Å². The second-order valence-electron chi connectivity index (χ2n) is 2.98. The van der Waals surface area contributed by atoms with E-state index in [2.05, 4.69) is 32.2 Å². The summed E-state index contributed by atoms with van der Waals surface area (Å²) in [5.74, 6) is 0.0905. The number of carbonyl (C=O) groups excluding carboxylic acids is 1. The van der Waals surface area contributed by atoms with Gasteiger partial charge in [0.2, 0.25) is 0 Å². The molecule has 0 N–H and O–H groups in total. The fourth-order valence-electron chi connectivity index (χ4n) is 1.21. The van der Waals surface area contributed by atoms with Crippen molar-refractivity contribution >= 4 is 39.9 Å². The first-order chi connectivity index (χ1) is 7.27. The summed E-state index contributed by atoms with van der Waals surface area (Å²) in [7, 11) is 0. The molecule has 1 aromatic heterocycles. The maximum atomic E-state index is 11.9. The quantitative estimate of drug-likeness (QED) is 0.642. The van der Waals surface area contributed by atoms with Gasteiger partial charge in [-0.05, 0) is 40.2 Å². The van der Waals surface area contributed by atoms with Crippen LogP contribution in [0.4, 0.5) is 0 Å². The zero-order chi connectivity index (χ0) is 10.7. The Morgan fingerprint density at radius 1 is 1.40 bits per heavy atom. The van der Waals surface area contributed by atoms with Gasteiger partial charge in [0.25, 0.3) is 0 Å². The molecule has 5 heteroatoms. The molecular weight excluding hydrogens is 323 g/mol. The van der Waals surface area contributed by atoms with E-state index in [0.717, 1.165) is 14.8 Å². The molecule has 2 rings (SSSR count). The van der Waals surface area contributed by atoms with E-state index in [-0.39, 0.29) is 5.78 Å². The fourth-order valence-corrected chi connectivity index (χ4v) is 2.35. The molecule has 0 saturated heterocycles. The van der Waals surface area contributed by atoms with Crippen molar-refractivity contribution in [1.82, 2.24) is 9.59 Å². The van der Waals surface area contributed by atoms with Gasteiger partial charge in [-0.1, -0.05) is 22.7 Å². The summed E-state index contributed by atoms with van der Waals surface area (Å²) in [6, 6.07) is 7.55. The molecule has 76 valence electrons. The molecule has 0 fully saturated rings. The summed E-state index contributed by atoms with van der Waals surface area (Å²) < 4.78 is 4.70. The minimum absolute atomic E-state index is 0.0905. The van der Waals surface area contributed by atoms with Gasteiger partial charge in [0, 0.05) is 14.5 Å². The molecule has 1 aromatic carbocycles. The second kappa shape index (κ2) is 4.80. The van der Waals surface area contributed by atoms with E-state index in [0.29, 0.717) is 6.42 Å². The van der Waals surface area contributed by atoms with Crippen molar-refractivity contribution in [3.8, 4) is 0 Å². The van der Waals surface area contributed by atoms with E-state index in [1.807, 2.05) is 24.3 Å². The normalized spacial score (nSPS) is 10.2. The Labute approximate surface area is 105 Å². The first-order valence-electron chi connectivity index (χ1n) is 4.31. The summed E-state index contributed by atoms with van der Waals surface area (Å²) >= 11 is 3.43. The van der Waals surface area contributed by atoms with Crippen LogP contribution in [-0.4, -0.2) is 15.4 Å². The molecule has 0 saturated carbocycles. The second-order valence-corrected chi connectivity index (χ2v) is 4.75. The van der Waals surface area contributed by atoms with Crippen LogP contribution in [0.2, 0.25) is 0 Å². The number of hydrogen-bond acceptors (Lipinski definition) is 4. The monoisotopic (exact) mass is 330 g/mol. The van der Waals surface area contributed by atoms with Crippen molar-refractivity contribution in [1.29, 1.82) is 0 Å². The summed E-state index contributed by atoms with van der Waals surface area (Å²) in [5, 5.41) is 5.66. The van der Waals surface area contributed by atoms with Crippen molar-refractivity contribution in [2.75, 3.05) is 0 Å². The standard InChI is InChI=1S/C10H7IN2OS/c11-9-4-2-1-3-8(9)10(14)5-7-6-15-13-12-7/h1-4,6H,5H2. The minimum Gasteiger partial charge on any atom is -0.294 e. The van der Waals surface area contributed by atoms with Gasteiger partial charge in [-0.3, -0.25) is 4.79 Å². The van der Waals surface area contributed by atoms with Crippen LogP contribution in [0, 0.1) is 3.57 Å². The average molecular weight is 330 g/mol. The van der Waals surface area contributed by atoms with Crippen LogP contribution in [0.15, 0.2) is 29.6 Å².